The zero-order chi connectivity index (χ0) is 14.3. The van der Waals surface area contributed by atoms with Crippen LogP contribution in [0.2, 0.25) is 0 Å². The third kappa shape index (κ3) is 2.33. The Hall–Kier alpha value is -1.42. The number of carbonyl (C=O) groups is 1. The minimum absolute atomic E-state index is 0.00347. The van der Waals surface area contributed by atoms with Crippen molar-refractivity contribution in [1.82, 2.24) is 4.90 Å². The maximum Gasteiger partial charge on any atom is 0.170 e. The lowest BCUT2D eigenvalue weighted by Gasteiger charge is -2.45. The van der Waals surface area contributed by atoms with Crippen LogP contribution in [0.3, 0.4) is 0 Å². The van der Waals surface area contributed by atoms with Crippen molar-refractivity contribution in [3.8, 4) is 5.75 Å². The van der Waals surface area contributed by atoms with Crippen LogP contribution < -0.4 is 4.74 Å². The molecule has 2 heterocycles. The van der Waals surface area contributed by atoms with Crippen molar-refractivity contribution < 1.29 is 13.9 Å². The molecule has 1 saturated heterocycles. The number of Topliss-reactive ketones (excluding diaryl/α,β-unsaturated/α-hetero) is 1. The van der Waals surface area contributed by atoms with Crippen LogP contribution in [0.25, 0.3) is 0 Å². The van der Waals surface area contributed by atoms with Gasteiger partial charge in [0.2, 0.25) is 0 Å². The van der Waals surface area contributed by atoms with Gasteiger partial charge >= 0.3 is 0 Å². The number of hydrogen-bond donors (Lipinski definition) is 0. The zero-order valence-corrected chi connectivity index (χ0v) is 12.0. The molecule has 0 saturated carbocycles. The topological polar surface area (TPSA) is 29.5 Å². The molecule has 0 radical (unpaired) electrons. The molecule has 108 valence electrons. The first-order valence-corrected chi connectivity index (χ1v) is 7.25. The average Bonchev–Trinajstić information content (AvgIpc) is 2.40. The van der Waals surface area contributed by atoms with Gasteiger partial charge in [-0.05, 0) is 32.0 Å². The van der Waals surface area contributed by atoms with Gasteiger partial charge in [-0.2, -0.15) is 0 Å². The summed E-state index contributed by atoms with van der Waals surface area (Å²) in [5.41, 5.74) is 0.00902. The van der Waals surface area contributed by atoms with E-state index in [1.165, 1.54) is 12.1 Å². The van der Waals surface area contributed by atoms with Gasteiger partial charge in [0, 0.05) is 32.0 Å². The van der Waals surface area contributed by atoms with Gasteiger partial charge in [-0.25, -0.2) is 4.39 Å². The molecule has 0 unspecified atom stereocenters. The first-order chi connectivity index (χ1) is 9.49. The lowest BCUT2D eigenvalue weighted by atomic mass is 9.82. The lowest BCUT2D eigenvalue weighted by molar-refractivity contribution is -0.0154. The van der Waals surface area contributed by atoms with Crippen molar-refractivity contribution >= 4 is 5.78 Å². The molecule has 0 N–H and O–H groups in total. The van der Waals surface area contributed by atoms with Crippen LogP contribution in [0.5, 0.6) is 5.75 Å². The summed E-state index contributed by atoms with van der Waals surface area (Å²) in [5, 5.41) is 0. The van der Waals surface area contributed by atoms with E-state index in [1.54, 1.807) is 6.07 Å². The lowest BCUT2D eigenvalue weighted by Crippen LogP contribution is -2.52. The molecule has 20 heavy (non-hydrogen) atoms. The van der Waals surface area contributed by atoms with Crippen molar-refractivity contribution in [2.75, 3.05) is 13.1 Å². The minimum atomic E-state index is -0.383. The van der Waals surface area contributed by atoms with Crippen LogP contribution in [0.15, 0.2) is 18.2 Å². The first-order valence-electron chi connectivity index (χ1n) is 7.25. The Morgan fingerprint density at radius 2 is 2.00 bits per heavy atom. The van der Waals surface area contributed by atoms with Crippen LogP contribution in [0.4, 0.5) is 4.39 Å². The Balaban J connectivity index is 1.82. The Kier molecular flexibility index (Phi) is 3.28. The predicted octanol–water partition coefficient (Wildman–Crippen LogP) is 3.03. The number of hydrogen-bond acceptors (Lipinski definition) is 3. The highest BCUT2D eigenvalue weighted by Crippen LogP contribution is 2.39. The number of rotatable bonds is 1. The summed E-state index contributed by atoms with van der Waals surface area (Å²) in [5.74, 6) is 0.163. The Bertz CT molecular complexity index is 533. The highest BCUT2D eigenvalue weighted by molar-refractivity contribution is 6.00. The number of fused-ring (bicyclic) bond motifs is 1. The number of likely N-dealkylation sites (tertiary alicyclic amines) is 1. The van der Waals surface area contributed by atoms with Gasteiger partial charge in [0.25, 0.3) is 0 Å². The van der Waals surface area contributed by atoms with Crippen molar-refractivity contribution in [2.24, 2.45) is 0 Å². The van der Waals surface area contributed by atoms with Crippen molar-refractivity contribution in [3.05, 3.63) is 29.6 Å². The second-order valence-corrected chi connectivity index (χ2v) is 6.16. The summed E-state index contributed by atoms with van der Waals surface area (Å²) < 4.78 is 19.3. The van der Waals surface area contributed by atoms with Crippen LogP contribution in [-0.2, 0) is 0 Å². The minimum Gasteiger partial charge on any atom is -0.486 e. The molecule has 1 aromatic carbocycles. The number of ether oxygens (including phenoxy) is 1. The largest absolute Gasteiger partial charge is 0.486 e. The molecule has 2 aliphatic rings. The first kappa shape index (κ1) is 13.6. The van der Waals surface area contributed by atoms with E-state index in [9.17, 15) is 9.18 Å². The van der Waals surface area contributed by atoms with Gasteiger partial charge in [0.15, 0.2) is 5.78 Å². The van der Waals surface area contributed by atoms with Crippen LogP contribution in [0, 0.1) is 5.82 Å². The number of nitrogens with zero attached hydrogens (tertiary/aromatic N) is 1. The summed E-state index contributed by atoms with van der Waals surface area (Å²) in [6.45, 7) is 6.26. The number of piperidine rings is 1. The fourth-order valence-corrected chi connectivity index (χ4v) is 3.19. The van der Waals surface area contributed by atoms with Crippen LogP contribution in [0.1, 0.15) is 43.5 Å². The van der Waals surface area contributed by atoms with E-state index in [0.717, 1.165) is 25.9 Å². The van der Waals surface area contributed by atoms with E-state index in [2.05, 4.69) is 18.7 Å². The molecule has 1 fully saturated rings. The van der Waals surface area contributed by atoms with E-state index in [0.29, 0.717) is 23.8 Å². The monoisotopic (exact) mass is 277 g/mol. The molecule has 0 bridgehead atoms. The van der Waals surface area contributed by atoms with Gasteiger partial charge in [-0.15, -0.1) is 0 Å². The SMILES string of the molecule is CC(C)N1CCC2(CC1)CC(=O)c1cc(F)ccc1O2. The van der Waals surface area contributed by atoms with Crippen LogP contribution in [-0.4, -0.2) is 35.4 Å². The molecule has 3 rings (SSSR count). The van der Waals surface area contributed by atoms with Crippen LogP contribution >= 0.6 is 0 Å². The maximum atomic E-state index is 13.2. The quantitative estimate of drug-likeness (QED) is 0.790. The van der Waals surface area contributed by atoms with Gasteiger partial charge in [-0.1, -0.05) is 0 Å². The molecule has 4 heteroatoms. The van der Waals surface area contributed by atoms with Crippen molar-refractivity contribution in [1.29, 1.82) is 0 Å². The zero-order valence-electron chi connectivity index (χ0n) is 12.0. The summed E-state index contributed by atoms with van der Waals surface area (Å²) in [7, 11) is 0. The highest BCUT2D eigenvalue weighted by atomic mass is 19.1. The van der Waals surface area contributed by atoms with E-state index in [1.807, 2.05) is 0 Å². The maximum absolute atomic E-state index is 13.2. The molecule has 0 aliphatic carbocycles. The smallest absolute Gasteiger partial charge is 0.170 e. The summed E-state index contributed by atoms with van der Waals surface area (Å²) in [6.07, 6.45) is 2.08. The summed E-state index contributed by atoms with van der Waals surface area (Å²) >= 11 is 0. The standard InChI is InChI=1S/C16H20FNO2/c1-11(2)18-7-5-16(6-8-18)10-14(19)13-9-12(17)3-4-15(13)20-16/h3-4,9,11H,5-8,10H2,1-2H3. The van der Waals surface area contributed by atoms with E-state index >= 15 is 0 Å². The molecular weight excluding hydrogens is 257 g/mol. The van der Waals surface area contributed by atoms with E-state index in [4.69, 9.17) is 4.74 Å². The third-order valence-corrected chi connectivity index (χ3v) is 4.49. The molecule has 3 nitrogen and oxygen atoms in total. The number of ketones is 1. The Morgan fingerprint density at radius 1 is 1.30 bits per heavy atom. The Morgan fingerprint density at radius 3 is 2.65 bits per heavy atom. The molecule has 1 aromatic rings. The predicted molar refractivity (Wildman–Crippen MR) is 74.6 cm³/mol. The van der Waals surface area contributed by atoms with Gasteiger partial charge in [0.05, 0.1) is 12.0 Å². The van der Waals surface area contributed by atoms with Gasteiger partial charge in [0.1, 0.15) is 17.2 Å². The molecule has 0 amide bonds. The van der Waals surface area contributed by atoms with Gasteiger partial charge < -0.3 is 9.64 Å². The fourth-order valence-electron chi connectivity index (χ4n) is 3.19. The normalized spacial score (nSPS) is 21.9. The average molecular weight is 277 g/mol. The molecule has 1 spiro atoms. The van der Waals surface area contributed by atoms with Crippen molar-refractivity contribution in [3.63, 3.8) is 0 Å². The second-order valence-electron chi connectivity index (χ2n) is 6.16. The van der Waals surface area contributed by atoms with Gasteiger partial charge in [-0.3, -0.25) is 4.79 Å². The number of halogens is 1. The highest BCUT2D eigenvalue weighted by Gasteiger charge is 2.43. The second kappa shape index (κ2) is 4.85. The number of carbonyl (C=O) groups excluding carboxylic acids is 1. The number of benzene rings is 1. The van der Waals surface area contributed by atoms with E-state index in [-0.39, 0.29) is 17.2 Å². The molecular formula is C16H20FNO2. The fraction of sp³-hybridized carbons (Fsp3) is 0.562. The summed E-state index contributed by atoms with van der Waals surface area (Å²) in [4.78, 5) is 14.7. The van der Waals surface area contributed by atoms with Crippen molar-refractivity contribution in [2.45, 2.75) is 44.8 Å². The summed E-state index contributed by atoms with van der Waals surface area (Å²) in [6, 6.07) is 4.74. The molecule has 0 aromatic heterocycles. The van der Waals surface area contributed by atoms with E-state index < -0.39 is 0 Å². The molecule has 0 atom stereocenters. The molecule has 2 aliphatic heterocycles. The third-order valence-electron chi connectivity index (χ3n) is 4.49. The Labute approximate surface area is 118 Å².